The summed E-state index contributed by atoms with van der Waals surface area (Å²) in [6.45, 7) is 4.45. The zero-order chi connectivity index (χ0) is 12.9. The monoisotopic (exact) mass is 241 g/mol. The van der Waals surface area contributed by atoms with Gasteiger partial charge in [0, 0.05) is 17.5 Å². The quantitative estimate of drug-likeness (QED) is 0.875. The highest BCUT2D eigenvalue weighted by atomic mass is 16.5. The highest BCUT2D eigenvalue weighted by Crippen LogP contribution is 2.60. The van der Waals surface area contributed by atoms with Gasteiger partial charge in [-0.1, -0.05) is 44.2 Å². The second kappa shape index (κ2) is 3.72. The van der Waals surface area contributed by atoms with E-state index in [0.717, 1.165) is 5.75 Å². The van der Waals surface area contributed by atoms with Crippen molar-refractivity contribution in [1.82, 2.24) is 0 Å². The largest absolute Gasteiger partial charge is 0.496 e. The van der Waals surface area contributed by atoms with E-state index in [0.29, 0.717) is 5.92 Å². The van der Waals surface area contributed by atoms with Crippen LogP contribution in [0, 0.1) is 5.41 Å². The Hall–Kier alpha value is -1.54. The van der Waals surface area contributed by atoms with Crippen LogP contribution in [0.15, 0.2) is 36.4 Å². The van der Waals surface area contributed by atoms with Crippen LogP contribution in [-0.2, 0) is 0 Å². The van der Waals surface area contributed by atoms with Crippen LogP contribution in [0.4, 0.5) is 0 Å². The molecule has 0 saturated heterocycles. The van der Waals surface area contributed by atoms with Crippen LogP contribution in [-0.4, -0.2) is 13.2 Å². The molecule has 1 fully saturated rings. The molecular formula is C16H19NO. The predicted octanol–water partition coefficient (Wildman–Crippen LogP) is 3.30. The third-order valence-electron chi connectivity index (χ3n) is 4.37. The third kappa shape index (κ3) is 1.45. The molecule has 2 aromatic rings. The fraction of sp³-hybridized carbons (Fsp3) is 0.375. The number of benzene rings is 2. The van der Waals surface area contributed by atoms with Gasteiger partial charge in [-0.3, -0.25) is 0 Å². The lowest BCUT2D eigenvalue weighted by Crippen LogP contribution is -2.06. The number of hydrogen-bond donors (Lipinski definition) is 1. The standard InChI is InChI=1S/C16H19NO/c1-16(2)14(15(16)17)13-11-7-5-4-6-10(11)8-9-12(13)18-3/h4-9,14-15H,17H2,1-3H3/t14-,15-/m0/s1. The highest BCUT2D eigenvalue weighted by Gasteiger charge is 2.57. The Morgan fingerprint density at radius 2 is 1.78 bits per heavy atom. The van der Waals surface area contributed by atoms with Crippen LogP contribution >= 0.6 is 0 Å². The molecular weight excluding hydrogens is 222 g/mol. The molecule has 2 heteroatoms. The Labute approximate surface area is 108 Å². The van der Waals surface area contributed by atoms with Crippen molar-refractivity contribution in [3.8, 4) is 5.75 Å². The van der Waals surface area contributed by atoms with E-state index in [1.165, 1.54) is 16.3 Å². The number of hydrogen-bond acceptors (Lipinski definition) is 2. The van der Waals surface area contributed by atoms with Crippen LogP contribution in [0.3, 0.4) is 0 Å². The van der Waals surface area contributed by atoms with Crippen molar-refractivity contribution in [3.05, 3.63) is 42.0 Å². The van der Waals surface area contributed by atoms with Gasteiger partial charge in [0.15, 0.2) is 0 Å². The molecule has 0 spiro atoms. The van der Waals surface area contributed by atoms with Gasteiger partial charge in [-0.2, -0.15) is 0 Å². The molecule has 18 heavy (non-hydrogen) atoms. The first-order valence-corrected chi connectivity index (χ1v) is 6.38. The molecule has 0 aliphatic heterocycles. The molecule has 94 valence electrons. The number of ether oxygens (including phenoxy) is 1. The lowest BCUT2D eigenvalue weighted by atomic mass is 9.96. The maximum absolute atomic E-state index is 6.24. The van der Waals surface area contributed by atoms with Crippen LogP contribution < -0.4 is 10.5 Å². The van der Waals surface area contributed by atoms with Gasteiger partial charge >= 0.3 is 0 Å². The van der Waals surface area contributed by atoms with Gasteiger partial charge in [0.25, 0.3) is 0 Å². The molecule has 2 aromatic carbocycles. The van der Waals surface area contributed by atoms with Crippen LogP contribution in [0.1, 0.15) is 25.3 Å². The molecule has 0 heterocycles. The van der Waals surface area contributed by atoms with Gasteiger partial charge in [-0.25, -0.2) is 0 Å². The topological polar surface area (TPSA) is 35.2 Å². The van der Waals surface area contributed by atoms with Crippen LogP contribution in [0.25, 0.3) is 10.8 Å². The summed E-state index contributed by atoms with van der Waals surface area (Å²) in [7, 11) is 1.73. The predicted molar refractivity (Wildman–Crippen MR) is 75.0 cm³/mol. The van der Waals surface area contributed by atoms with Gasteiger partial charge in [-0.05, 0) is 22.3 Å². The van der Waals surface area contributed by atoms with Crippen molar-refractivity contribution in [3.63, 3.8) is 0 Å². The van der Waals surface area contributed by atoms with Crippen LogP contribution in [0.5, 0.6) is 5.75 Å². The van der Waals surface area contributed by atoms with Crippen molar-refractivity contribution in [2.24, 2.45) is 11.1 Å². The van der Waals surface area contributed by atoms with Crippen molar-refractivity contribution < 1.29 is 4.74 Å². The molecule has 0 amide bonds. The number of nitrogens with two attached hydrogens (primary N) is 1. The van der Waals surface area contributed by atoms with Gasteiger partial charge in [0.1, 0.15) is 5.75 Å². The Morgan fingerprint density at radius 3 is 2.39 bits per heavy atom. The minimum atomic E-state index is 0.164. The Balaban J connectivity index is 2.26. The minimum absolute atomic E-state index is 0.164. The van der Waals surface area contributed by atoms with E-state index in [-0.39, 0.29) is 11.5 Å². The molecule has 0 aromatic heterocycles. The lowest BCUT2D eigenvalue weighted by Gasteiger charge is -2.13. The summed E-state index contributed by atoms with van der Waals surface area (Å²) in [5.74, 6) is 1.35. The molecule has 1 aliphatic rings. The summed E-state index contributed by atoms with van der Waals surface area (Å²) in [6.07, 6.45) is 0. The summed E-state index contributed by atoms with van der Waals surface area (Å²) < 4.78 is 5.54. The first-order chi connectivity index (χ1) is 8.57. The molecule has 0 unspecified atom stereocenters. The Bertz CT molecular complexity index is 603. The molecule has 1 aliphatic carbocycles. The lowest BCUT2D eigenvalue weighted by molar-refractivity contribution is 0.408. The van der Waals surface area contributed by atoms with E-state index in [1.54, 1.807) is 7.11 Å². The molecule has 2 nitrogen and oxygen atoms in total. The minimum Gasteiger partial charge on any atom is -0.496 e. The summed E-state index contributed by atoms with van der Waals surface area (Å²) >= 11 is 0. The van der Waals surface area contributed by atoms with E-state index < -0.39 is 0 Å². The Kier molecular flexibility index (Phi) is 2.39. The first kappa shape index (κ1) is 11.5. The molecule has 2 N–H and O–H groups in total. The normalized spacial score (nSPS) is 25.1. The summed E-state index contributed by atoms with van der Waals surface area (Å²) in [5.41, 5.74) is 7.67. The van der Waals surface area contributed by atoms with Crippen molar-refractivity contribution >= 4 is 10.8 Å². The first-order valence-electron chi connectivity index (χ1n) is 6.38. The average molecular weight is 241 g/mol. The Morgan fingerprint density at radius 1 is 1.11 bits per heavy atom. The second-order valence-corrected chi connectivity index (χ2v) is 5.73. The molecule has 0 bridgehead atoms. The number of rotatable bonds is 2. The van der Waals surface area contributed by atoms with E-state index in [2.05, 4.69) is 50.2 Å². The zero-order valence-corrected chi connectivity index (χ0v) is 11.1. The van der Waals surface area contributed by atoms with E-state index >= 15 is 0 Å². The van der Waals surface area contributed by atoms with Crippen molar-refractivity contribution in [1.29, 1.82) is 0 Å². The molecule has 3 rings (SSSR count). The van der Waals surface area contributed by atoms with Gasteiger partial charge in [0.05, 0.1) is 7.11 Å². The van der Waals surface area contributed by atoms with E-state index in [4.69, 9.17) is 10.5 Å². The van der Waals surface area contributed by atoms with E-state index in [9.17, 15) is 0 Å². The van der Waals surface area contributed by atoms with Gasteiger partial charge in [-0.15, -0.1) is 0 Å². The number of methoxy groups -OCH3 is 1. The highest BCUT2D eigenvalue weighted by molar-refractivity contribution is 5.89. The fourth-order valence-electron chi connectivity index (χ4n) is 3.00. The maximum Gasteiger partial charge on any atom is 0.123 e. The van der Waals surface area contributed by atoms with Crippen LogP contribution in [0.2, 0.25) is 0 Å². The summed E-state index contributed by atoms with van der Waals surface area (Å²) in [6, 6.07) is 12.8. The second-order valence-electron chi connectivity index (χ2n) is 5.73. The summed E-state index contributed by atoms with van der Waals surface area (Å²) in [4.78, 5) is 0. The zero-order valence-electron chi connectivity index (χ0n) is 11.1. The van der Waals surface area contributed by atoms with E-state index in [1.807, 2.05) is 0 Å². The average Bonchev–Trinajstić information content (AvgIpc) is 2.87. The molecule has 0 radical (unpaired) electrons. The van der Waals surface area contributed by atoms with Gasteiger partial charge in [0.2, 0.25) is 0 Å². The maximum atomic E-state index is 6.24. The SMILES string of the molecule is COc1ccc2ccccc2c1[C@H]1[C@H](N)C1(C)C. The third-order valence-corrected chi connectivity index (χ3v) is 4.37. The number of fused-ring (bicyclic) bond motifs is 1. The molecule has 1 saturated carbocycles. The smallest absolute Gasteiger partial charge is 0.123 e. The summed E-state index contributed by atoms with van der Waals surface area (Å²) in [5, 5.41) is 2.52. The van der Waals surface area contributed by atoms with Crippen molar-refractivity contribution in [2.45, 2.75) is 25.8 Å². The fourth-order valence-corrected chi connectivity index (χ4v) is 3.00. The van der Waals surface area contributed by atoms with Gasteiger partial charge < -0.3 is 10.5 Å². The van der Waals surface area contributed by atoms with Crippen molar-refractivity contribution in [2.75, 3.05) is 7.11 Å². The molecule has 2 atom stereocenters.